The maximum absolute atomic E-state index is 14.9. The van der Waals surface area contributed by atoms with Crippen LogP contribution in [0.1, 0.15) is 22.3 Å². The molecule has 0 unspecified atom stereocenters. The zero-order valence-corrected chi connectivity index (χ0v) is 28.3. The Labute approximate surface area is 288 Å². The van der Waals surface area contributed by atoms with E-state index in [0.717, 1.165) is 29.9 Å². The number of nitrogens with one attached hydrogen (secondary N) is 1. The third-order valence-electron chi connectivity index (χ3n) is 8.78. The second kappa shape index (κ2) is 13.6. The van der Waals surface area contributed by atoms with Crippen LogP contribution in [0.2, 0.25) is 0 Å². The van der Waals surface area contributed by atoms with Crippen LogP contribution in [0.3, 0.4) is 0 Å². The summed E-state index contributed by atoms with van der Waals surface area (Å²) in [7, 11) is 6.04. The molecule has 8 nitrogen and oxygen atoms in total. The Kier molecular flexibility index (Phi) is 8.97. The Bertz CT molecular complexity index is 2070. The number of methoxy groups -OCH3 is 4. The number of carbonyl (C=O) groups is 1. The fraction of sp³-hybridized carbons (Fsp3) is 0.179. The number of fused-ring (bicyclic) bond motifs is 2. The molecule has 1 N–H and O–H groups in total. The van der Waals surface area contributed by atoms with Gasteiger partial charge in [0, 0.05) is 17.7 Å². The number of ether oxygens (including phenoxy) is 5. The van der Waals surface area contributed by atoms with Gasteiger partial charge in [-0.15, -0.1) is 0 Å². The van der Waals surface area contributed by atoms with Crippen LogP contribution in [0.5, 0.6) is 23.0 Å². The molecule has 5 aromatic rings. The summed E-state index contributed by atoms with van der Waals surface area (Å²) in [6, 6.07) is 28.9. The number of halogens is 1. The zero-order chi connectivity index (χ0) is 34.1. The molecule has 2 aliphatic rings. The molecule has 5 aromatic carbocycles. The van der Waals surface area contributed by atoms with Crippen molar-refractivity contribution in [2.75, 3.05) is 44.0 Å². The van der Waals surface area contributed by atoms with Crippen molar-refractivity contribution in [2.45, 2.75) is 12.8 Å². The number of anilines is 2. The molecular formula is C39H34FN2O6S. The third kappa shape index (κ3) is 6.08. The van der Waals surface area contributed by atoms with Gasteiger partial charge in [0.05, 0.1) is 57.5 Å². The maximum Gasteiger partial charge on any atom is 0.340 e. The van der Waals surface area contributed by atoms with E-state index in [0.29, 0.717) is 39.5 Å². The highest BCUT2D eigenvalue weighted by Crippen LogP contribution is 2.47. The number of hydrogen-bond acceptors (Lipinski definition) is 9. The summed E-state index contributed by atoms with van der Waals surface area (Å²) in [4.78, 5) is 13.7. The Morgan fingerprint density at radius 1 is 0.796 bits per heavy atom. The second-order valence-corrected chi connectivity index (χ2v) is 12.4. The second-order valence-electron chi connectivity index (χ2n) is 11.5. The van der Waals surface area contributed by atoms with E-state index < -0.39 is 11.8 Å². The number of carbonyl (C=O) groups excluding carboxylic acids is 1. The van der Waals surface area contributed by atoms with Crippen molar-refractivity contribution < 1.29 is 32.9 Å². The lowest BCUT2D eigenvalue weighted by atomic mass is 9.90. The number of rotatable bonds is 11. The lowest BCUT2D eigenvalue weighted by Crippen LogP contribution is -2.15. The van der Waals surface area contributed by atoms with E-state index in [1.165, 1.54) is 47.7 Å². The topological polar surface area (TPSA) is 78.5 Å². The highest BCUT2D eigenvalue weighted by atomic mass is 32.2. The first-order chi connectivity index (χ1) is 23.9. The van der Waals surface area contributed by atoms with Crippen LogP contribution in [0.25, 0.3) is 16.3 Å². The average molecular weight is 678 g/mol. The van der Waals surface area contributed by atoms with E-state index in [1.807, 2.05) is 30.3 Å². The zero-order valence-electron chi connectivity index (χ0n) is 27.5. The Hall–Kier alpha value is -5.35. The molecule has 0 fully saturated rings. The van der Waals surface area contributed by atoms with Crippen LogP contribution in [0, 0.1) is 11.9 Å². The molecule has 0 atom stereocenters. The smallest absolute Gasteiger partial charge is 0.340 e. The van der Waals surface area contributed by atoms with Gasteiger partial charge in [-0.3, -0.25) is 4.31 Å². The SMILES string of the molecule is COc1ccc([C]2OC(=O)C(c3ccc4c(c3)NSN4CCc3cccc4ccccc34)=C2Cc2cc(OC)c(OC)c(OC)c2)cc1F. The van der Waals surface area contributed by atoms with Gasteiger partial charge in [-0.1, -0.05) is 54.6 Å². The van der Waals surface area contributed by atoms with Crippen LogP contribution < -0.4 is 28.0 Å². The first-order valence-corrected chi connectivity index (χ1v) is 16.5. The van der Waals surface area contributed by atoms with E-state index >= 15 is 0 Å². The normalized spacial score (nSPS) is 14.1. The fourth-order valence-corrected chi connectivity index (χ4v) is 7.24. The molecular weight excluding hydrogens is 644 g/mol. The van der Waals surface area contributed by atoms with Crippen molar-refractivity contribution in [3.8, 4) is 23.0 Å². The largest absolute Gasteiger partial charge is 0.494 e. The molecule has 0 spiro atoms. The van der Waals surface area contributed by atoms with E-state index in [2.05, 4.69) is 51.5 Å². The standard InChI is InChI=1S/C39H34FN2O6S/c1-44-33-15-13-27(21-30(33)40)37-29(18-23-19-34(45-2)38(47-4)35(20-23)46-3)36(39(43)48-37)26-12-14-32-31(22-26)41-49-42(32)17-16-25-10-7-9-24-8-5-6-11-28(24)25/h5-15,19-22,41H,16-18H2,1-4H3. The predicted octanol–water partition coefficient (Wildman–Crippen LogP) is 8.18. The molecule has 0 aromatic heterocycles. The number of cyclic esters (lactones) is 1. The van der Waals surface area contributed by atoms with E-state index in [1.54, 1.807) is 27.4 Å². The molecule has 0 amide bonds. The lowest BCUT2D eigenvalue weighted by Gasteiger charge is -2.17. The molecule has 0 saturated heterocycles. The maximum atomic E-state index is 14.9. The van der Waals surface area contributed by atoms with E-state index in [9.17, 15) is 9.18 Å². The third-order valence-corrected chi connectivity index (χ3v) is 9.69. The molecule has 2 aliphatic heterocycles. The minimum Gasteiger partial charge on any atom is -0.494 e. The summed E-state index contributed by atoms with van der Waals surface area (Å²) in [5, 5.41) is 2.48. The van der Waals surface area contributed by atoms with Crippen molar-refractivity contribution in [1.82, 2.24) is 0 Å². The van der Waals surface area contributed by atoms with Gasteiger partial charge < -0.3 is 28.4 Å². The molecule has 7 rings (SSSR count). The Morgan fingerprint density at radius 3 is 2.27 bits per heavy atom. The van der Waals surface area contributed by atoms with Gasteiger partial charge in [-0.25, -0.2) is 9.18 Å². The summed E-state index contributed by atoms with van der Waals surface area (Å²) in [6.07, 6.45) is 1.40. The fourth-order valence-electron chi connectivity index (χ4n) is 6.43. The van der Waals surface area contributed by atoms with Crippen LogP contribution in [0.15, 0.2) is 96.6 Å². The van der Waals surface area contributed by atoms with Gasteiger partial charge in [-0.2, -0.15) is 0 Å². The van der Waals surface area contributed by atoms with Crippen LogP contribution >= 0.6 is 12.1 Å². The number of nitrogens with zero attached hydrogens (tertiary/aromatic N) is 1. The molecule has 1 radical (unpaired) electrons. The number of esters is 1. The summed E-state index contributed by atoms with van der Waals surface area (Å²) in [5.74, 6) is 0.414. The highest BCUT2D eigenvalue weighted by molar-refractivity contribution is 8.02. The van der Waals surface area contributed by atoms with Gasteiger partial charge in [0.15, 0.2) is 23.1 Å². The summed E-state index contributed by atoms with van der Waals surface area (Å²) < 4.78 is 48.3. The van der Waals surface area contributed by atoms with Crippen LogP contribution in [0.4, 0.5) is 15.8 Å². The van der Waals surface area contributed by atoms with Gasteiger partial charge in [-0.05, 0) is 76.7 Å². The Balaban J connectivity index is 1.25. The van der Waals surface area contributed by atoms with E-state index in [4.69, 9.17) is 23.7 Å². The molecule has 49 heavy (non-hydrogen) atoms. The summed E-state index contributed by atoms with van der Waals surface area (Å²) >= 11 is 1.52. The van der Waals surface area contributed by atoms with Gasteiger partial charge in [0.25, 0.3) is 0 Å². The quantitative estimate of drug-likeness (QED) is 0.110. The van der Waals surface area contributed by atoms with Crippen LogP contribution in [-0.4, -0.2) is 41.0 Å². The highest BCUT2D eigenvalue weighted by Gasteiger charge is 2.38. The van der Waals surface area contributed by atoms with Crippen molar-refractivity contribution >= 4 is 45.8 Å². The van der Waals surface area contributed by atoms with Crippen LogP contribution in [-0.2, 0) is 22.4 Å². The van der Waals surface area contributed by atoms with Crippen molar-refractivity contribution in [2.24, 2.45) is 0 Å². The minimum absolute atomic E-state index is 0.0938. The molecule has 0 aliphatic carbocycles. The summed E-state index contributed by atoms with van der Waals surface area (Å²) in [5.41, 5.74) is 6.06. The molecule has 2 heterocycles. The predicted molar refractivity (Wildman–Crippen MR) is 191 cm³/mol. The summed E-state index contributed by atoms with van der Waals surface area (Å²) in [6.45, 7) is 0.788. The number of hydrogen-bond donors (Lipinski definition) is 1. The van der Waals surface area contributed by atoms with E-state index in [-0.39, 0.29) is 18.3 Å². The molecule has 249 valence electrons. The van der Waals surface area contributed by atoms with Crippen molar-refractivity contribution in [3.05, 3.63) is 131 Å². The van der Waals surface area contributed by atoms with Gasteiger partial charge >= 0.3 is 5.97 Å². The Morgan fingerprint density at radius 2 is 1.53 bits per heavy atom. The molecule has 0 saturated carbocycles. The first-order valence-electron chi connectivity index (χ1n) is 15.7. The van der Waals surface area contributed by atoms with Crippen molar-refractivity contribution in [1.29, 1.82) is 0 Å². The molecule has 10 heteroatoms. The first kappa shape index (κ1) is 32.2. The lowest BCUT2D eigenvalue weighted by molar-refractivity contribution is -0.133. The average Bonchev–Trinajstić information content (AvgIpc) is 3.69. The minimum atomic E-state index is -0.563. The monoisotopic (exact) mass is 677 g/mol. The molecule has 0 bridgehead atoms. The van der Waals surface area contributed by atoms with Gasteiger partial charge in [0.1, 0.15) is 0 Å². The van der Waals surface area contributed by atoms with Crippen molar-refractivity contribution in [3.63, 3.8) is 0 Å². The number of benzene rings is 5. The van der Waals surface area contributed by atoms with Gasteiger partial charge in [0.2, 0.25) is 11.9 Å².